The minimum Gasteiger partial charge on any atom is -0.439 e. The highest BCUT2D eigenvalue weighted by Crippen LogP contribution is 2.23. The molecule has 0 saturated carbocycles. The second kappa shape index (κ2) is 6.74. The largest absolute Gasteiger partial charge is 0.439 e. The molecule has 1 saturated heterocycles. The number of nitrogens with one attached hydrogen (secondary N) is 1. The van der Waals surface area contributed by atoms with Gasteiger partial charge < -0.3 is 15.0 Å². The Kier molecular flexibility index (Phi) is 4.52. The summed E-state index contributed by atoms with van der Waals surface area (Å²) in [4.78, 5) is 10.8. The quantitative estimate of drug-likeness (QED) is 0.945. The number of rotatable bonds is 3. The van der Waals surface area contributed by atoms with Crippen LogP contribution in [0.5, 0.6) is 11.6 Å². The van der Waals surface area contributed by atoms with Crippen molar-refractivity contribution in [2.24, 2.45) is 0 Å². The maximum atomic E-state index is 5.86. The van der Waals surface area contributed by atoms with Gasteiger partial charge in [-0.25, -0.2) is 9.97 Å². The number of hydrogen-bond donors (Lipinski definition) is 1. The third-order valence-corrected chi connectivity index (χ3v) is 3.58. The summed E-state index contributed by atoms with van der Waals surface area (Å²) in [5.41, 5.74) is 0. The van der Waals surface area contributed by atoms with Crippen molar-refractivity contribution in [3.8, 4) is 11.6 Å². The average Bonchev–Trinajstić information content (AvgIpc) is 2.79. The first-order valence-electron chi connectivity index (χ1n) is 7.02. The lowest BCUT2D eigenvalue weighted by molar-refractivity contribution is 0.461. The molecule has 0 atom stereocenters. The van der Waals surface area contributed by atoms with Gasteiger partial charge in [-0.15, -0.1) is 0 Å². The van der Waals surface area contributed by atoms with Gasteiger partial charge in [-0.1, -0.05) is 11.6 Å². The summed E-state index contributed by atoms with van der Waals surface area (Å²) in [5.74, 6) is 2.15. The van der Waals surface area contributed by atoms with Crippen LogP contribution in [-0.2, 0) is 0 Å². The van der Waals surface area contributed by atoms with E-state index in [4.69, 9.17) is 16.3 Å². The van der Waals surface area contributed by atoms with Crippen LogP contribution in [0.1, 0.15) is 6.42 Å². The Morgan fingerprint density at radius 1 is 1.10 bits per heavy atom. The molecule has 1 fully saturated rings. The Labute approximate surface area is 128 Å². The molecule has 2 aromatic rings. The number of aromatic nitrogens is 2. The van der Waals surface area contributed by atoms with Gasteiger partial charge in [0.1, 0.15) is 17.9 Å². The SMILES string of the molecule is Clc1ccc(Oc2cc(N3CCCNCC3)ncn2)cc1. The topological polar surface area (TPSA) is 50.3 Å². The summed E-state index contributed by atoms with van der Waals surface area (Å²) in [6, 6.07) is 9.10. The Bertz CT molecular complexity index is 582. The molecule has 1 aliphatic heterocycles. The summed E-state index contributed by atoms with van der Waals surface area (Å²) < 4.78 is 5.74. The highest BCUT2D eigenvalue weighted by atomic mass is 35.5. The maximum absolute atomic E-state index is 5.86. The van der Waals surface area contributed by atoms with Crippen molar-refractivity contribution in [3.63, 3.8) is 0 Å². The molecule has 0 amide bonds. The molecule has 0 spiro atoms. The van der Waals surface area contributed by atoms with Crippen LogP contribution in [0.3, 0.4) is 0 Å². The van der Waals surface area contributed by atoms with Crippen molar-refractivity contribution < 1.29 is 4.74 Å². The summed E-state index contributed by atoms with van der Waals surface area (Å²) in [7, 11) is 0. The average molecular weight is 305 g/mol. The molecule has 0 aliphatic carbocycles. The van der Waals surface area contributed by atoms with Gasteiger partial charge >= 0.3 is 0 Å². The van der Waals surface area contributed by atoms with E-state index in [1.54, 1.807) is 18.5 Å². The molecular weight excluding hydrogens is 288 g/mol. The molecule has 0 radical (unpaired) electrons. The Balaban J connectivity index is 1.74. The lowest BCUT2D eigenvalue weighted by Gasteiger charge is -2.21. The lowest BCUT2D eigenvalue weighted by Crippen LogP contribution is -2.28. The molecule has 0 bridgehead atoms. The van der Waals surface area contributed by atoms with E-state index in [2.05, 4.69) is 20.2 Å². The van der Waals surface area contributed by atoms with Gasteiger partial charge in [-0.2, -0.15) is 0 Å². The van der Waals surface area contributed by atoms with Crippen LogP contribution < -0.4 is 15.0 Å². The zero-order valence-electron chi connectivity index (χ0n) is 11.6. The number of anilines is 1. The Morgan fingerprint density at radius 2 is 1.95 bits per heavy atom. The van der Waals surface area contributed by atoms with E-state index in [-0.39, 0.29) is 0 Å². The number of hydrogen-bond acceptors (Lipinski definition) is 5. The van der Waals surface area contributed by atoms with Gasteiger partial charge in [-0.05, 0) is 37.2 Å². The first kappa shape index (κ1) is 14.1. The lowest BCUT2D eigenvalue weighted by atomic mass is 10.3. The second-order valence-electron chi connectivity index (χ2n) is 4.86. The van der Waals surface area contributed by atoms with Gasteiger partial charge in [0, 0.05) is 30.7 Å². The molecule has 3 rings (SSSR count). The van der Waals surface area contributed by atoms with Crippen molar-refractivity contribution in [3.05, 3.63) is 41.7 Å². The zero-order chi connectivity index (χ0) is 14.5. The highest BCUT2D eigenvalue weighted by Gasteiger charge is 2.12. The third-order valence-electron chi connectivity index (χ3n) is 3.33. The van der Waals surface area contributed by atoms with E-state index in [9.17, 15) is 0 Å². The Morgan fingerprint density at radius 3 is 2.81 bits per heavy atom. The monoisotopic (exact) mass is 304 g/mol. The fraction of sp³-hybridized carbons (Fsp3) is 0.333. The smallest absolute Gasteiger partial charge is 0.224 e. The summed E-state index contributed by atoms with van der Waals surface area (Å²) >= 11 is 5.86. The van der Waals surface area contributed by atoms with Crippen LogP contribution in [0.4, 0.5) is 5.82 Å². The van der Waals surface area contributed by atoms with Crippen molar-refractivity contribution in [1.82, 2.24) is 15.3 Å². The molecule has 5 nitrogen and oxygen atoms in total. The van der Waals surface area contributed by atoms with Gasteiger partial charge in [0.25, 0.3) is 0 Å². The maximum Gasteiger partial charge on any atom is 0.224 e. The van der Waals surface area contributed by atoms with E-state index in [0.717, 1.165) is 38.4 Å². The minimum absolute atomic E-state index is 0.541. The summed E-state index contributed by atoms with van der Waals surface area (Å²) in [5, 5.41) is 4.06. The predicted octanol–water partition coefficient (Wildman–Crippen LogP) is 2.72. The van der Waals surface area contributed by atoms with Crippen LogP contribution in [0.2, 0.25) is 5.02 Å². The van der Waals surface area contributed by atoms with Gasteiger partial charge in [0.2, 0.25) is 5.88 Å². The van der Waals surface area contributed by atoms with Crippen molar-refractivity contribution >= 4 is 17.4 Å². The summed E-state index contributed by atoms with van der Waals surface area (Å²) in [6.07, 6.45) is 2.65. The number of halogens is 1. The summed E-state index contributed by atoms with van der Waals surface area (Å²) in [6.45, 7) is 3.95. The van der Waals surface area contributed by atoms with E-state index in [1.165, 1.54) is 0 Å². The Hall–Kier alpha value is -1.85. The van der Waals surface area contributed by atoms with E-state index >= 15 is 0 Å². The first-order valence-corrected chi connectivity index (χ1v) is 7.40. The van der Waals surface area contributed by atoms with Crippen LogP contribution >= 0.6 is 11.6 Å². The molecule has 1 N–H and O–H groups in total. The number of nitrogens with zero attached hydrogens (tertiary/aromatic N) is 3. The molecule has 0 unspecified atom stereocenters. The third kappa shape index (κ3) is 3.83. The van der Waals surface area contributed by atoms with Gasteiger partial charge in [-0.3, -0.25) is 0 Å². The highest BCUT2D eigenvalue weighted by molar-refractivity contribution is 6.30. The molecule has 1 aliphatic rings. The fourth-order valence-corrected chi connectivity index (χ4v) is 2.38. The number of ether oxygens (including phenoxy) is 1. The number of benzene rings is 1. The minimum atomic E-state index is 0.541. The predicted molar refractivity (Wildman–Crippen MR) is 83.3 cm³/mol. The molecule has 6 heteroatoms. The van der Waals surface area contributed by atoms with Gasteiger partial charge in [0.15, 0.2) is 0 Å². The van der Waals surface area contributed by atoms with Crippen molar-refractivity contribution in [2.75, 3.05) is 31.1 Å². The van der Waals surface area contributed by atoms with Crippen LogP contribution in [0, 0.1) is 0 Å². The van der Waals surface area contributed by atoms with Crippen LogP contribution in [0.15, 0.2) is 36.7 Å². The molecule has 1 aromatic carbocycles. The van der Waals surface area contributed by atoms with Crippen LogP contribution in [0.25, 0.3) is 0 Å². The fourth-order valence-electron chi connectivity index (χ4n) is 2.26. The molecule has 2 heterocycles. The molecule has 1 aromatic heterocycles. The molecule has 21 heavy (non-hydrogen) atoms. The zero-order valence-corrected chi connectivity index (χ0v) is 12.4. The van der Waals surface area contributed by atoms with Crippen molar-refractivity contribution in [2.45, 2.75) is 6.42 Å². The van der Waals surface area contributed by atoms with Crippen LogP contribution in [-0.4, -0.2) is 36.1 Å². The molecular formula is C15H17ClN4O. The second-order valence-corrected chi connectivity index (χ2v) is 5.30. The first-order chi connectivity index (χ1) is 10.3. The van der Waals surface area contributed by atoms with E-state index in [0.29, 0.717) is 16.7 Å². The normalized spacial score (nSPS) is 15.6. The van der Waals surface area contributed by atoms with E-state index < -0.39 is 0 Å². The van der Waals surface area contributed by atoms with Crippen molar-refractivity contribution in [1.29, 1.82) is 0 Å². The molecule has 110 valence electrons. The standard InChI is InChI=1S/C15H17ClN4O/c16-12-2-4-13(5-3-12)21-15-10-14(18-11-19-15)20-8-1-6-17-7-9-20/h2-5,10-11,17H,1,6-9H2. The van der Waals surface area contributed by atoms with E-state index in [1.807, 2.05) is 18.2 Å². The van der Waals surface area contributed by atoms with Gasteiger partial charge in [0.05, 0.1) is 0 Å².